The van der Waals surface area contributed by atoms with E-state index >= 15 is 0 Å². The Morgan fingerprint density at radius 3 is 1.51 bits per heavy atom. The maximum Gasteiger partial charge on any atom is 0.397 e. The fourth-order valence-electron chi connectivity index (χ4n) is 5.09. The number of anilines is 1. The maximum atomic E-state index is 13.0. The Bertz CT molecular complexity index is 3010. The minimum absolute atomic E-state index is 0.257. The van der Waals surface area contributed by atoms with Crippen LogP contribution in [-0.2, 0) is 54.5 Å². The van der Waals surface area contributed by atoms with E-state index in [1.165, 1.54) is 0 Å². The fourth-order valence-corrected chi connectivity index (χ4v) is 8.95. The lowest BCUT2D eigenvalue weighted by Crippen LogP contribution is -2.16. The summed E-state index contributed by atoms with van der Waals surface area (Å²) in [6.45, 7) is 2.25. The molecule has 0 fully saturated rings. The van der Waals surface area contributed by atoms with Gasteiger partial charge in [0.1, 0.15) is 65.3 Å². The second kappa shape index (κ2) is 17.0. The molecule has 0 aliphatic rings. The number of nitrogen functional groups attached to an aromatic ring is 1. The Hall–Kier alpha value is -5.53. The van der Waals surface area contributed by atoms with Crippen LogP contribution >= 0.6 is 0 Å². The van der Waals surface area contributed by atoms with Crippen LogP contribution in [0.15, 0.2) is 88.4 Å². The monoisotopic (exact) mass is 925 g/mol. The molecule has 59 heavy (non-hydrogen) atoms. The van der Waals surface area contributed by atoms with Gasteiger partial charge in [-0.15, -0.1) is 20.5 Å². The zero-order valence-corrected chi connectivity index (χ0v) is 34.6. The number of benzene rings is 4. The van der Waals surface area contributed by atoms with Crippen LogP contribution in [0.3, 0.4) is 0 Å². The van der Waals surface area contributed by atoms with E-state index in [-0.39, 0.29) is 28.6 Å². The van der Waals surface area contributed by atoms with Crippen LogP contribution in [0.2, 0.25) is 0 Å². The Morgan fingerprint density at radius 2 is 1.07 bits per heavy atom. The van der Waals surface area contributed by atoms with Gasteiger partial charge in [-0.05, 0) is 17.5 Å². The van der Waals surface area contributed by atoms with Gasteiger partial charge in [0.15, 0.2) is 15.6 Å². The second-order valence-corrected chi connectivity index (χ2v) is 19.1. The maximum absolute atomic E-state index is 13.0. The average molecular weight is 926 g/mol. The van der Waals surface area contributed by atoms with Crippen LogP contribution in [0.4, 0.5) is 28.4 Å². The minimum Gasteiger partial charge on any atom is -0.505 e. The normalized spacial score (nSPS) is 12.9. The molecule has 6 N–H and O–H groups in total. The molecule has 0 aliphatic heterocycles. The molecule has 4 aromatic rings. The molecule has 0 saturated carbocycles. The highest BCUT2D eigenvalue weighted by atomic mass is 32.3. The summed E-state index contributed by atoms with van der Waals surface area (Å²) in [5.74, 6) is -3.46. The van der Waals surface area contributed by atoms with Crippen molar-refractivity contribution in [3.8, 4) is 28.7 Å². The van der Waals surface area contributed by atoms with Gasteiger partial charge in [-0.1, -0.05) is 6.58 Å². The molecular weight excluding hydrogens is 895 g/mol. The zero-order chi connectivity index (χ0) is 44.5. The van der Waals surface area contributed by atoms with E-state index in [1.807, 2.05) is 0 Å². The number of hydrogen-bond acceptors (Lipinski definition) is 21. The predicted octanol–water partition coefficient (Wildman–Crippen LogP) is 4.00. The van der Waals surface area contributed by atoms with Crippen molar-refractivity contribution < 1.29 is 84.0 Å². The highest BCUT2D eigenvalue weighted by Gasteiger charge is 2.29. The highest BCUT2D eigenvalue weighted by Crippen LogP contribution is 2.49. The number of ether oxygens (including phenoxy) is 4. The van der Waals surface area contributed by atoms with Gasteiger partial charge in [0, 0.05) is 29.7 Å². The largest absolute Gasteiger partial charge is 0.505 e. The topological polar surface area (TPSA) is 373 Å². The lowest BCUT2D eigenvalue weighted by molar-refractivity contribution is 0.283. The first-order chi connectivity index (χ1) is 27.2. The van der Waals surface area contributed by atoms with E-state index in [2.05, 4.69) is 31.2 Å². The van der Waals surface area contributed by atoms with Gasteiger partial charge in [0.05, 0.1) is 51.9 Å². The van der Waals surface area contributed by atoms with Crippen LogP contribution in [-0.4, -0.2) is 102 Å². The van der Waals surface area contributed by atoms with Crippen molar-refractivity contribution >= 4 is 89.5 Å². The van der Waals surface area contributed by atoms with Gasteiger partial charge in [0.25, 0.3) is 20.2 Å². The average Bonchev–Trinajstić information content (AvgIpc) is 3.14. The summed E-state index contributed by atoms with van der Waals surface area (Å²) in [4.78, 5) is -3.25. The number of phenolic OH excluding ortho intramolecular Hbond substituents is 1. The predicted molar refractivity (Wildman–Crippen MR) is 204 cm³/mol. The molecule has 320 valence electrons. The summed E-state index contributed by atoms with van der Waals surface area (Å²) in [6.07, 6.45) is 0. The molecule has 0 aliphatic carbocycles. The van der Waals surface area contributed by atoms with Crippen molar-refractivity contribution in [1.29, 1.82) is 0 Å². The summed E-state index contributed by atoms with van der Waals surface area (Å²) in [6, 6.07) is 5.06. The minimum atomic E-state index is -5.34. The number of sulfone groups is 2. The van der Waals surface area contributed by atoms with Crippen LogP contribution in [0.25, 0.3) is 10.8 Å². The molecule has 4 aromatic carbocycles. The molecule has 0 unspecified atom stereocenters. The van der Waals surface area contributed by atoms with E-state index in [1.54, 1.807) is 0 Å². The number of nitrogens with two attached hydrogens (primary N) is 1. The van der Waals surface area contributed by atoms with Crippen molar-refractivity contribution in [2.45, 2.75) is 19.6 Å². The molecule has 0 bridgehead atoms. The standard InChI is InChI=1S/C30H31N5O19S5/c1-6-55(37,38)22-13-18(50-2)17(11-20(22)52-4)33-35-29-25(58(44,45)46)10-15-9-24(57(41,42)43)28(27(31)26(15)30(29)36)34-32-16-12-21(53-5)23(14-19(16)51-3)56(39,40)8-7-54-59(47,48)49/h6,9-14,36H,1,7-8,31H2,2-5H3,(H,41,42,43)(H,44,45,46)(H,47,48,49). The first-order valence-electron chi connectivity index (χ1n) is 15.4. The summed E-state index contributed by atoms with van der Waals surface area (Å²) >= 11 is 0. The SMILES string of the molecule is C=CS(=O)(=O)c1cc(OC)c(N=Nc2c(S(=O)(=O)O)cc3cc(S(=O)(=O)O)c(N=Nc4cc(OC)c(S(=O)(=O)CCOS(=O)(=O)O)cc4OC)c(N)c3c2O)cc1OC. The molecule has 29 heteroatoms. The van der Waals surface area contributed by atoms with E-state index in [0.29, 0.717) is 17.5 Å². The zero-order valence-electron chi connectivity index (χ0n) is 30.5. The number of nitrogens with zero attached hydrogens (tertiary/aromatic N) is 4. The number of azo groups is 2. The van der Waals surface area contributed by atoms with E-state index in [0.717, 1.165) is 52.7 Å². The van der Waals surface area contributed by atoms with Gasteiger partial charge in [0.2, 0.25) is 9.84 Å². The Kier molecular flexibility index (Phi) is 13.3. The first-order valence-corrected chi connectivity index (χ1v) is 22.8. The van der Waals surface area contributed by atoms with Crippen molar-refractivity contribution in [2.75, 3.05) is 46.5 Å². The van der Waals surface area contributed by atoms with E-state index in [4.69, 9.17) is 29.2 Å². The van der Waals surface area contributed by atoms with Crippen molar-refractivity contribution in [3.05, 3.63) is 48.4 Å². The number of phenols is 1. The van der Waals surface area contributed by atoms with Crippen LogP contribution in [0.1, 0.15) is 0 Å². The summed E-state index contributed by atoms with van der Waals surface area (Å²) < 4.78 is 177. The summed E-state index contributed by atoms with van der Waals surface area (Å²) in [7, 11) is -19.8. The Balaban J connectivity index is 1.98. The van der Waals surface area contributed by atoms with Gasteiger partial charge in [-0.3, -0.25) is 13.7 Å². The number of rotatable bonds is 17. The molecule has 0 saturated heterocycles. The van der Waals surface area contributed by atoms with Crippen molar-refractivity contribution in [3.63, 3.8) is 0 Å². The molecule has 0 heterocycles. The number of aromatic hydroxyl groups is 1. The lowest BCUT2D eigenvalue weighted by atomic mass is 10.1. The van der Waals surface area contributed by atoms with Crippen molar-refractivity contribution in [2.24, 2.45) is 20.5 Å². The van der Waals surface area contributed by atoms with Crippen LogP contribution < -0.4 is 24.7 Å². The quantitative estimate of drug-likeness (QED) is 0.0567. The second-order valence-electron chi connectivity index (χ2n) is 11.3. The first kappa shape index (κ1) is 46.2. The molecular formula is C30H31N5O19S5. The fraction of sp³-hybridized carbons (Fsp3) is 0.200. The van der Waals surface area contributed by atoms with Gasteiger partial charge in [-0.25, -0.2) is 21.0 Å². The van der Waals surface area contributed by atoms with Crippen molar-refractivity contribution in [1.82, 2.24) is 0 Å². The van der Waals surface area contributed by atoms with E-state index < -0.39 is 122 Å². The lowest BCUT2D eigenvalue weighted by Gasteiger charge is -2.15. The number of hydrogen-bond donors (Lipinski definition) is 5. The van der Waals surface area contributed by atoms with E-state index in [9.17, 15) is 56.3 Å². The smallest absolute Gasteiger partial charge is 0.397 e. The van der Waals surface area contributed by atoms with Crippen LogP contribution in [0.5, 0.6) is 28.7 Å². The van der Waals surface area contributed by atoms with Gasteiger partial charge in [-0.2, -0.15) is 25.3 Å². The molecule has 0 atom stereocenters. The van der Waals surface area contributed by atoms with Gasteiger partial charge < -0.3 is 29.8 Å². The molecule has 0 spiro atoms. The Morgan fingerprint density at radius 1 is 0.627 bits per heavy atom. The molecule has 0 aromatic heterocycles. The third-order valence-corrected chi connectivity index (χ3v) is 13.0. The molecule has 0 amide bonds. The molecule has 0 radical (unpaired) electrons. The number of fused-ring (bicyclic) bond motifs is 1. The highest BCUT2D eigenvalue weighted by molar-refractivity contribution is 7.94. The summed E-state index contributed by atoms with van der Waals surface area (Å²) in [5, 5.41) is 26.2. The van der Waals surface area contributed by atoms with Crippen LogP contribution in [0, 0.1) is 0 Å². The molecule has 4 rings (SSSR count). The Labute approximate surface area is 335 Å². The third kappa shape index (κ3) is 10.0. The molecule has 24 nitrogen and oxygen atoms in total. The third-order valence-electron chi connectivity index (χ3n) is 7.76. The number of methoxy groups -OCH3 is 4. The summed E-state index contributed by atoms with van der Waals surface area (Å²) in [5.41, 5.74) is 2.93. The van der Waals surface area contributed by atoms with Gasteiger partial charge >= 0.3 is 10.4 Å².